The molecule has 204 valence electrons. The number of primary amides is 1. The highest BCUT2D eigenvalue weighted by Gasteiger charge is 2.30. The highest BCUT2D eigenvalue weighted by atomic mass is 32.2. The number of likely N-dealkylation sites (tertiary alicyclic amines) is 1. The molecule has 2 aromatic carbocycles. The maximum atomic E-state index is 13.1. The fourth-order valence-corrected chi connectivity index (χ4v) is 7.73. The zero-order valence-electron chi connectivity index (χ0n) is 21.8. The van der Waals surface area contributed by atoms with Crippen molar-refractivity contribution in [2.75, 3.05) is 38.5 Å². The van der Waals surface area contributed by atoms with Gasteiger partial charge in [-0.2, -0.15) is 0 Å². The molecule has 2 aliphatic heterocycles. The van der Waals surface area contributed by atoms with E-state index in [1.807, 2.05) is 30.5 Å². The van der Waals surface area contributed by atoms with Crippen LogP contribution in [0.15, 0.2) is 48.7 Å². The number of sulfonamides is 1. The predicted molar refractivity (Wildman–Crippen MR) is 150 cm³/mol. The van der Waals surface area contributed by atoms with E-state index in [-0.39, 0.29) is 36.6 Å². The number of rotatable bonds is 10. The van der Waals surface area contributed by atoms with Crippen LogP contribution in [0.25, 0.3) is 22.0 Å². The maximum absolute atomic E-state index is 13.1. The predicted octanol–water partition coefficient (Wildman–Crippen LogP) is 3.22. The minimum Gasteiger partial charge on any atom is -0.395 e. The molecule has 4 N–H and O–H groups in total. The highest BCUT2D eigenvalue weighted by molar-refractivity contribution is 7.89. The van der Waals surface area contributed by atoms with Gasteiger partial charge < -0.3 is 15.8 Å². The first kappa shape index (κ1) is 26.9. The van der Waals surface area contributed by atoms with Crippen molar-refractivity contribution in [3.63, 3.8) is 0 Å². The van der Waals surface area contributed by atoms with Gasteiger partial charge in [-0.3, -0.25) is 9.69 Å². The zero-order chi connectivity index (χ0) is 26.7. The Labute approximate surface area is 224 Å². The number of aliphatic hydroxyl groups excluding tert-OH is 1. The molecule has 38 heavy (non-hydrogen) atoms. The number of piperidine rings is 1. The van der Waals surface area contributed by atoms with E-state index in [1.54, 1.807) is 4.31 Å². The van der Waals surface area contributed by atoms with Crippen molar-refractivity contribution in [3.05, 3.63) is 59.8 Å². The van der Waals surface area contributed by atoms with E-state index in [0.717, 1.165) is 59.8 Å². The van der Waals surface area contributed by atoms with E-state index in [0.29, 0.717) is 26.1 Å². The number of aromatic nitrogens is 1. The van der Waals surface area contributed by atoms with Crippen LogP contribution in [0.1, 0.15) is 49.1 Å². The van der Waals surface area contributed by atoms with Crippen LogP contribution >= 0.6 is 0 Å². The van der Waals surface area contributed by atoms with Crippen LogP contribution in [0.3, 0.4) is 0 Å². The fourth-order valence-electron chi connectivity index (χ4n) is 6.21. The molecule has 3 aromatic rings. The van der Waals surface area contributed by atoms with Crippen LogP contribution in [0.5, 0.6) is 0 Å². The molecule has 2 aliphatic rings. The third-order valence-electron chi connectivity index (χ3n) is 8.22. The standard InChI is InChI=1S/C29H38N4O4S/c30-28(35)18-24-16-23(21-6-2-1-3-7-21)17-26-27(19-31-29(24)26)22-9-13-33(14-10-22)38(36,37)15-5-12-32-11-4-8-25(32)20-34/h1-3,6-7,16-17,19,22,25,31,34H,4-5,8-15,18,20H2,(H2,30,35)/t25-/m0/s1. The molecule has 0 aliphatic carbocycles. The van der Waals surface area contributed by atoms with Gasteiger partial charge in [0.05, 0.1) is 18.8 Å². The van der Waals surface area contributed by atoms with Crippen molar-refractivity contribution >= 4 is 26.8 Å². The Kier molecular flexibility index (Phi) is 8.18. The minimum absolute atomic E-state index is 0.144. The number of benzene rings is 2. The number of fused-ring (bicyclic) bond motifs is 1. The Morgan fingerprint density at radius 2 is 1.82 bits per heavy atom. The van der Waals surface area contributed by atoms with Crippen molar-refractivity contribution in [2.45, 2.75) is 50.5 Å². The molecule has 0 spiro atoms. The number of aromatic amines is 1. The number of hydrogen-bond acceptors (Lipinski definition) is 5. The van der Waals surface area contributed by atoms with Gasteiger partial charge in [0.2, 0.25) is 15.9 Å². The third kappa shape index (κ3) is 5.81. The van der Waals surface area contributed by atoms with Crippen molar-refractivity contribution in [1.82, 2.24) is 14.2 Å². The lowest BCUT2D eigenvalue weighted by molar-refractivity contribution is -0.117. The summed E-state index contributed by atoms with van der Waals surface area (Å²) >= 11 is 0. The van der Waals surface area contributed by atoms with Gasteiger partial charge in [-0.25, -0.2) is 12.7 Å². The number of amides is 1. The Morgan fingerprint density at radius 3 is 2.53 bits per heavy atom. The summed E-state index contributed by atoms with van der Waals surface area (Å²) in [5, 5.41) is 10.6. The largest absolute Gasteiger partial charge is 0.395 e. The summed E-state index contributed by atoms with van der Waals surface area (Å²) in [5.74, 6) is 0.0106. The lowest BCUT2D eigenvalue weighted by Gasteiger charge is -2.31. The second-order valence-electron chi connectivity index (χ2n) is 10.7. The molecule has 2 saturated heterocycles. The first-order valence-electron chi connectivity index (χ1n) is 13.7. The Balaban J connectivity index is 1.28. The molecule has 5 rings (SSSR count). The summed E-state index contributed by atoms with van der Waals surface area (Å²) in [6.45, 7) is 2.82. The molecule has 1 aromatic heterocycles. The molecule has 3 heterocycles. The van der Waals surface area contributed by atoms with Crippen LogP contribution in [-0.4, -0.2) is 78.2 Å². The maximum Gasteiger partial charge on any atom is 0.221 e. The number of aliphatic hydroxyl groups is 1. The number of nitrogens with zero attached hydrogens (tertiary/aromatic N) is 2. The zero-order valence-corrected chi connectivity index (χ0v) is 22.6. The van der Waals surface area contributed by atoms with Crippen molar-refractivity contribution in [2.24, 2.45) is 5.73 Å². The summed E-state index contributed by atoms with van der Waals surface area (Å²) in [4.78, 5) is 17.4. The van der Waals surface area contributed by atoms with Crippen molar-refractivity contribution in [1.29, 1.82) is 0 Å². The van der Waals surface area contributed by atoms with Crippen LogP contribution in [-0.2, 0) is 21.2 Å². The molecule has 2 fully saturated rings. The topological polar surface area (TPSA) is 120 Å². The van der Waals surface area contributed by atoms with Gasteiger partial charge in [0, 0.05) is 36.2 Å². The number of nitrogens with one attached hydrogen (secondary N) is 1. The summed E-state index contributed by atoms with van der Waals surface area (Å²) in [7, 11) is -3.31. The Hall–Kier alpha value is -2.72. The molecule has 0 unspecified atom stereocenters. The van der Waals surface area contributed by atoms with Crippen LogP contribution in [0, 0.1) is 0 Å². The summed E-state index contributed by atoms with van der Waals surface area (Å²) in [6, 6.07) is 14.5. The number of hydrogen-bond donors (Lipinski definition) is 3. The van der Waals surface area contributed by atoms with Crippen molar-refractivity contribution in [3.8, 4) is 11.1 Å². The van der Waals surface area contributed by atoms with E-state index >= 15 is 0 Å². The first-order valence-corrected chi connectivity index (χ1v) is 15.3. The van der Waals surface area contributed by atoms with Gasteiger partial charge in [-0.15, -0.1) is 0 Å². The molecule has 1 atom stereocenters. The average molecular weight is 539 g/mol. The lowest BCUT2D eigenvalue weighted by atomic mass is 9.88. The molecular weight excluding hydrogens is 500 g/mol. The number of carbonyl (C=O) groups excluding carboxylic acids is 1. The van der Waals surface area contributed by atoms with Gasteiger partial charge in [-0.05, 0) is 85.5 Å². The first-order chi connectivity index (χ1) is 18.4. The van der Waals surface area contributed by atoms with E-state index in [1.165, 1.54) is 5.56 Å². The SMILES string of the molecule is NC(=O)Cc1cc(-c2ccccc2)cc2c(C3CCN(S(=O)(=O)CCCN4CCC[C@H]4CO)CC3)c[nH]c12. The van der Waals surface area contributed by atoms with Crippen molar-refractivity contribution < 1.29 is 18.3 Å². The summed E-state index contributed by atoms with van der Waals surface area (Å²) in [5.41, 5.74) is 10.7. The minimum atomic E-state index is -3.31. The Morgan fingerprint density at radius 1 is 1.05 bits per heavy atom. The van der Waals surface area contributed by atoms with E-state index in [4.69, 9.17) is 5.73 Å². The molecule has 1 amide bonds. The van der Waals surface area contributed by atoms with Gasteiger partial charge in [-0.1, -0.05) is 30.3 Å². The van der Waals surface area contributed by atoms with Gasteiger partial charge in [0.25, 0.3) is 0 Å². The molecular formula is C29H38N4O4S. The highest BCUT2D eigenvalue weighted by Crippen LogP contribution is 2.37. The molecule has 0 saturated carbocycles. The Bertz CT molecular complexity index is 1360. The quantitative estimate of drug-likeness (QED) is 0.366. The van der Waals surface area contributed by atoms with Gasteiger partial charge in [0.1, 0.15) is 0 Å². The van der Waals surface area contributed by atoms with Crippen LogP contribution in [0.4, 0.5) is 0 Å². The molecule has 0 radical (unpaired) electrons. The number of carbonyl (C=O) groups is 1. The van der Waals surface area contributed by atoms with E-state index < -0.39 is 10.0 Å². The molecule has 0 bridgehead atoms. The smallest absolute Gasteiger partial charge is 0.221 e. The normalized spacial score (nSPS) is 19.9. The van der Waals surface area contributed by atoms with E-state index in [9.17, 15) is 18.3 Å². The lowest BCUT2D eigenvalue weighted by Crippen LogP contribution is -2.40. The second-order valence-corrected chi connectivity index (χ2v) is 12.8. The summed E-state index contributed by atoms with van der Waals surface area (Å²) in [6.07, 6.45) is 6.33. The summed E-state index contributed by atoms with van der Waals surface area (Å²) < 4.78 is 27.8. The van der Waals surface area contributed by atoms with Crippen LogP contribution < -0.4 is 5.73 Å². The fraction of sp³-hybridized carbons (Fsp3) is 0.483. The van der Waals surface area contributed by atoms with Crippen LogP contribution in [0.2, 0.25) is 0 Å². The van der Waals surface area contributed by atoms with Gasteiger partial charge >= 0.3 is 0 Å². The molecule has 8 nitrogen and oxygen atoms in total. The van der Waals surface area contributed by atoms with Gasteiger partial charge in [0.15, 0.2) is 0 Å². The molecule has 9 heteroatoms. The van der Waals surface area contributed by atoms with E-state index in [2.05, 4.69) is 28.1 Å². The monoisotopic (exact) mass is 538 g/mol. The number of H-pyrrole nitrogens is 1. The third-order valence-corrected chi connectivity index (χ3v) is 10.2. The average Bonchev–Trinajstić information content (AvgIpc) is 3.56. The second kappa shape index (κ2) is 11.6. The number of nitrogens with two attached hydrogens (primary N) is 1.